The van der Waals surface area contributed by atoms with E-state index in [2.05, 4.69) is 29.4 Å². The highest BCUT2D eigenvalue weighted by molar-refractivity contribution is 5.81. The van der Waals surface area contributed by atoms with Gasteiger partial charge in [0.25, 0.3) is 0 Å². The van der Waals surface area contributed by atoms with Gasteiger partial charge in [-0.25, -0.2) is 0 Å². The van der Waals surface area contributed by atoms with Gasteiger partial charge < -0.3 is 5.32 Å². The monoisotopic (exact) mass is 222 g/mol. The highest BCUT2D eigenvalue weighted by Crippen LogP contribution is 2.29. The summed E-state index contributed by atoms with van der Waals surface area (Å²) in [6.07, 6.45) is 5.38. The van der Waals surface area contributed by atoms with E-state index < -0.39 is 0 Å². The van der Waals surface area contributed by atoms with Crippen LogP contribution >= 0.6 is 0 Å². The number of carbonyl (C=O) groups excluding carboxylic acids is 1. The summed E-state index contributed by atoms with van der Waals surface area (Å²) in [6, 6.07) is 0.112. The lowest BCUT2D eigenvalue weighted by molar-refractivity contribution is -0.123. The summed E-state index contributed by atoms with van der Waals surface area (Å²) in [6.45, 7) is 4.84. The first kappa shape index (κ1) is 11.1. The standard InChI is InChI=1S/C11H18N4O/c1-8(2)10(7-15-12-5-6-13-15)14-11(16)9-3-4-9/h5-6,8-10H,3-4,7H2,1-2H3,(H,14,16)/t10-/m0/s1. The van der Waals surface area contributed by atoms with E-state index in [1.54, 1.807) is 17.2 Å². The molecule has 1 heterocycles. The Bertz CT molecular complexity index is 343. The Labute approximate surface area is 95.2 Å². The maximum atomic E-state index is 11.7. The van der Waals surface area contributed by atoms with Crippen LogP contribution in [0.1, 0.15) is 26.7 Å². The van der Waals surface area contributed by atoms with Crippen molar-refractivity contribution in [2.75, 3.05) is 0 Å². The van der Waals surface area contributed by atoms with Crippen molar-refractivity contribution >= 4 is 5.91 Å². The van der Waals surface area contributed by atoms with Crippen LogP contribution in [0.4, 0.5) is 0 Å². The van der Waals surface area contributed by atoms with E-state index in [-0.39, 0.29) is 17.9 Å². The Kier molecular flexibility index (Phi) is 3.22. The molecule has 1 atom stereocenters. The van der Waals surface area contributed by atoms with Crippen LogP contribution in [0.2, 0.25) is 0 Å². The number of aromatic nitrogens is 3. The van der Waals surface area contributed by atoms with Gasteiger partial charge in [0.2, 0.25) is 5.91 Å². The minimum Gasteiger partial charge on any atom is -0.351 e. The second-order valence-corrected chi connectivity index (χ2v) is 4.72. The SMILES string of the molecule is CC(C)[C@H](Cn1nccn1)NC(=O)C1CC1. The minimum atomic E-state index is 0.112. The van der Waals surface area contributed by atoms with Crippen molar-refractivity contribution in [2.24, 2.45) is 11.8 Å². The highest BCUT2D eigenvalue weighted by atomic mass is 16.2. The summed E-state index contributed by atoms with van der Waals surface area (Å²) in [5.41, 5.74) is 0. The molecule has 1 amide bonds. The smallest absolute Gasteiger partial charge is 0.223 e. The van der Waals surface area contributed by atoms with Crippen molar-refractivity contribution < 1.29 is 4.79 Å². The maximum absolute atomic E-state index is 11.7. The van der Waals surface area contributed by atoms with Crippen LogP contribution < -0.4 is 5.32 Å². The number of nitrogens with one attached hydrogen (secondary N) is 1. The minimum absolute atomic E-state index is 0.112. The molecule has 1 N–H and O–H groups in total. The third kappa shape index (κ3) is 2.81. The van der Waals surface area contributed by atoms with Gasteiger partial charge in [-0.1, -0.05) is 13.8 Å². The summed E-state index contributed by atoms with van der Waals surface area (Å²) < 4.78 is 0. The normalized spacial score (nSPS) is 17.4. The topological polar surface area (TPSA) is 59.8 Å². The number of nitrogens with zero attached hydrogens (tertiary/aromatic N) is 3. The Hall–Kier alpha value is -1.39. The van der Waals surface area contributed by atoms with E-state index in [0.29, 0.717) is 12.5 Å². The molecule has 5 heteroatoms. The van der Waals surface area contributed by atoms with Crippen LogP contribution in [0.3, 0.4) is 0 Å². The molecule has 0 spiro atoms. The average molecular weight is 222 g/mol. The third-order valence-corrected chi connectivity index (χ3v) is 2.91. The zero-order chi connectivity index (χ0) is 11.5. The van der Waals surface area contributed by atoms with E-state index in [9.17, 15) is 4.79 Å². The van der Waals surface area contributed by atoms with Crippen molar-refractivity contribution in [3.63, 3.8) is 0 Å². The van der Waals surface area contributed by atoms with E-state index in [4.69, 9.17) is 0 Å². The lowest BCUT2D eigenvalue weighted by atomic mass is 10.0. The lowest BCUT2D eigenvalue weighted by Crippen LogP contribution is -2.42. The van der Waals surface area contributed by atoms with Gasteiger partial charge in [0.05, 0.1) is 25.0 Å². The number of amides is 1. The summed E-state index contributed by atoms with van der Waals surface area (Å²) in [7, 11) is 0. The molecule has 1 aliphatic rings. The summed E-state index contributed by atoms with van der Waals surface area (Å²) >= 11 is 0. The molecule has 5 nitrogen and oxygen atoms in total. The summed E-state index contributed by atoms with van der Waals surface area (Å²) in [4.78, 5) is 13.3. The van der Waals surface area contributed by atoms with Crippen molar-refractivity contribution in [1.29, 1.82) is 0 Å². The van der Waals surface area contributed by atoms with Crippen molar-refractivity contribution in [3.05, 3.63) is 12.4 Å². The Morgan fingerprint density at radius 1 is 1.44 bits per heavy atom. The first-order valence-electron chi connectivity index (χ1n) is 5.81. The van der Waals surface area contributed by atoms with Gasteiger partial charge in [0.1, 0.15) is 0 Å². The molecular formula is C11H18N4O. The van der Waals surface area contributed by atoms with E-state index >= 15 is 0 Å². The molecule has 0 unspecified atom stereocenters. The largest absolute Gasteiger partial charge is 0.351 e. The summed E-state index contributed by atoms with van der Waals surface area (Å²) in [5, 5.41) is 11.2. The van der Waals surface area contributed by atoms with E-state index in [1.165, 1.54) is 0 Å². The number of hydrogen-bond acceptors (Lipinski definition) is 3. The molecule has 1 aromatic rings. The fourth-order valence-electron chi connectivity index (χ4n) is 1.58. The van der Waals surface area contributed by atoms with Crippen LogP contribution in [-0.4, -0.2) is 26.9 Å². The Morgan fingerprint density at radius 3 is 2.56 bits per heavy atom. The molecule has 16 heavy (non-hydrogen) atoms. The van der Waals surface area contributed by atoms with E-state index in [0.717, 1.165) is 12.8 Å². The molecule has 1 fully saturated rings. The molecule has 1 aromatic heterocycles. The first-order chi connectivity index (χ1) is 7.66. The number of hydrogen-bond donors (Lipinski definition) is 1. The first-order valence-corrected chi connectivity index (χ1v) is 5.81. The second kappa shape index (κ2) is 4.63. The Balaban J connectivity index is 1.91. The lowest BCUT2D eigenvalue weighted by Gasteiger charge is -2.21. The predicted molar refractivity (Wildman–Crippen MR) is 59.5 cm³/mol. The predicted octanol–water partition coefficient (Wildman–Crippen LogP) is 0.829. The van der Waals surface area contributed by atoms with Crippen LogP contribution in [0.5, 0.6) is 0 Å². The second-order valence-electron chi connectivity index (χ2n) is 4.72. The average Bonchev–Trinajstić information content (AvgIpc) is 2.97. The fraction of sp³-hybridized carbons (Fsp3) is 0.727. The zero-order valence-electron chi connectivity index (χ0n) is 9.76. The van der Waals surface area contributed by atoms with Gasteiger partial charge in [-0.3, -0.25) is 4.79 Å². The molecule has 0 aliphatic heterocycles. The van der Waals surface area contributed by atoms with Gasteiger partial charge in [-0.2, -0.15) is 15.0 Å². The molecule has 0 radical (unpaired) electrons. The third-order valence-electron chi connectivity index (χ3n) is 2.91. The Morgan fingerprint density at radius 2 is 2.06 bits per heavy atom. The van der Waals surface area contributed by atoms with Gasteiger partial charge in [-0.05, 0) is 18.8 Å². The molecule has 0 aromatic carbocycles. The van der Waals surface area contributed by atoms with Crippen LogP contribution in [0.15, 0.2) is 12.4 Å². The summed E-state index contributed by atoms with van der Waals surface area (Å²) in [5.74, 6) is 0.825. The number of rotatable bonds is 5. The van der Waals surface area contributed by atoms with Crippen molar-refractivity contribution in [2.45, 2.75) is 39.3 Å². The number of carbonyl (C=O) groups is 1. The van der Waals surface area contributed by atoms with Crippen molar-refractivity contribution in [3.8, 4) is 0 Å². The zero-order valence-corrected chi connectivity index (χ0v) is 9.76. The fourth-order valence-corrected chi connectivity index (χ4v) is 1.58. The van der Waals surface area contributed by atoms with Gasteiger partial charge in [0, 0.05) is 5.92 Å². The molecule has 2 rings (SSSR count). The van der Waals surface area contributed by atoms with Gasteiger partial charge in [-0.15, -0.1) is 0 Å². The molecule has 0 saturated heterocycles. The van der Waals surface area contributed by atoms with E-state index in [1.807, 2.05) is 0 Å². The van der Waals surface area contributed by atoms with Gasteiger partial charge >= 0.3 is 0 Å². The quantitative estimate of drug-likeness (QED) is 0.802. The molecule has 1 saturated carbocycles. The van der Waals surface area contributed by atoms with Crippen LogP contribution in [-0.2, 0) is 11.3 Å². The molecule has 0 bridgehead atoms. The molecular weight excluding hydrogens is 204 g/mol. The van der Waals surface area contributed by atoms with Crippen LogP contribution in [0.25, 0.3) is 0 Å². The van der Waals surface area contributed by atoms with Gasteiger partial charge in [0.15, 0.2) is 0 Å². The molecule has 88 valence electrons. The van der Waals surface area contributed by atoms with Crippen LogP contribution in [0, 0.1) is 11.8 Å². The van der Waals surface area contributed by atoms with Crippen molar-refractivity contribution in [1.82, 2.24) is 20.3 Å². The molecule has 1 aliphatic carbocycles. The highest BCUT2D eigenvalue weighted by Gasteiger charge is 2.31. The maximum Gasteiger partial charge on any atom is 0.223 e.